The highest BCUT2D eigenvalue weighted by Crippen LogP contribution is 2.09. The molecule has 1 heterocycles. The van der Waals surface area contributed by atoms with Crippen molar-refractivity contribution in [2.75, 3.05) is 32.7 Å². The molecule has 1 fully saturated rings. The Balaban J connectivity index is 2.07. The van der Waals surface area contributed by atoms with Crippen LogP contribution < -0.4 is 10.6 Å². The summed E-state index contributed by atoms with van der Waals surface area (Å²) in [6.07, 6.45) is 8.81. The van der Waals surface area contributed by atoms with Crippen LogP contribution in [0.15, 0.2) is 0 Å². The van der Waals surface area contributed by atoms with E-state index in [-0.39, 0.29) is 18.4 Å². The first-order valence-electron chi connectivity index (χ1n) is 6.42. The fourth-order valence-corrected chi connectivity index (χ4v) is 1.92. The fourth-order valence-electron chi connectivity index (χ4n) is 1.92. The van der Waals surface area contributed by atoms with Crippen molar-refractivity contribution < 1.29 is 9.59 Å². The number of carbonyl (C=O) groups is 2. The average molecular weight is 251 g/mol. The summed E-state index contributed by atoms with van der Waals surface area (Å²) in [7, 11) is 0. The van der Waals surface area contributed by atoms with E-state index >= 15 is 0 Å². The Hall–Kier alpha value is -1.54. The second-order valence-corrected chi connectivity index (χ2v) is 4.35. The zero-order valence-electron chi connectivity index (χ0n) is 10.7. The van der Waals surface area contributed by atoms with Gasteiger partial charge in [-0.2, -0.15) is 0 Å². The van der Waals surface area contributed by atoms with Gasteiger partial charge < -0.3 is 10.2 Å². The van der Waals surface area contributed by atoms with Crippen LogP contribution in [0.25, 0.3) is 0 Å². The van der Waals surface area contributed by atoms with E-state index in [4.69, 9.17) is 6.42 Å². The summed E-state index contributed by atoms with van der Waals surface area (Å²) in [6.45, 7) is 2.68. The van der Waals surface area contributed by atoms with Gasteiger partial charge in [0.2, 0.25) is 11.8 Å². The molecule has 1 rings (SSSR count). The van der Waals surface area contributed by atoms with Gasteiger partial charge in [0.05, 0.1) is 13.1 Å². The Labute approximate surface area is 108 Å². The number of nitrogens with zero attached hydrogens (tertiary/aromatic N) is 1. The lowest BCUT2D eigenvalue weighted by Gasteiger charge is -2.26. The highest BCUT2D eigenvalue weighted by atomic mass is 16.2. The van der Waals surface area contributed by atoms with Crippen molar-refractivity contribution in [1.29, 1.82) is 0 Å². The normalized spacial score (nSPS) is 14.9. The van der Waals surface area contributed by atoms with Crippen LogP contribution in [-0.2, 0) is 9.59 Å². The number of hydrogen-bond acceptors (Lipinski definition) is 3. The maximum absolute atomic E-state index is 11.8. The molecule has 0 atom stereocenters. The summed E-state index contributed by atoms with van der Waals surface area (Å²) in [6, 6.07) is 0. The number of terminal acetylenes is 1. The van der Waals surface area contributed by atoms with E-state index in [9.17, 15) is 9.59 Å². The minimum atomic E-state index is -0.128. The molecule has 100 valence electrons. The molecule has 1 aliphatic rings. The minimum absolute atomic E-state index is 0.128. The lowest BCUT2D eigenvalue weighted by atomic mass is 10.1. The molecule has 5 heteroatoms. The Morgan fingerprint density at radius 1 is 1.22 bits per heavy atom. The summed E-state index contributed by atoms with van der Waals surface area (Å²) in [5.74, 6) is 2.39. The van der Waals surface area contributed by atoms with Crippen LogP contribution in [0.2, 0.25) is 0 Å². The first-order valence-corrected chi connectivity index (χ1v) is 6.42. The molecule has 2 N–H and O–H groups in total. The third kappa shape index (κ3) is 5.69. The van der Waals surface area contributed by atoms with Gasteiger partial charge in [-0.1, -0.05) is 5.92 Å². The van der Waals surface area contributed by atoms with Crippen LogP contribution in [0.4, 0.5) is 0 Å². The molecule has 0 aromatic rings. The van der Waals surface area contributed by atoms with Crippen LogP contribution in [0.1, 0.15) is 25.7 Å². The maximum atomic E-state index is 11.8. The van der Waals surface area contributed by atoms with E-state index in [2.05, 4.69) is 16.6 Å². The largest absolute Gasteiger partial charge is 0.354 e. The zero-order chi connectivity index (χ0) is 13.2. The van der Waals surface area contributed by atoms with Crippen molar-refractivity contribution in [2.24, 2.45) is 0 Å². The third-order valence-corrected chi connectivity index (χ3v) is 2.88. The molecule has 0 saturated carbocycles. The molecule has 1 saturated heterocycles. The highest BCUT2D eigenvalue weighted by Gasteiger charge is 2.15. The van der Waals surface area contributed by atoms with Crippen LogP contribution in [0.3, 0.4) is 0 Å². The molecule has 0 unspecified atom stereocenters. The minimum Gasteiger partial charge on any atom is -0.354 e. The van der Waals surface area contributed by atoms with Crippen LogP contribution in [0.5, 0.6) is 0 Å². The van der Waals surface area contributed by atoms with Gasteiger partial charge in [0.1, 0.15) is 0 Å². The predicted octanol–water partition coefficient (Wildman–Crippen LogP) is -0.272. The number of rotatable bonds is 6. The van der Waals surface area contributed by atoms with Crippen molar-refractivity contribution in [3.8, 4) is 12.3 Å². The van der Waals surface area contributed by atoms with E-state index in [1.165, 1.54) is 6.42 Å². The molecule has 18 heavy (non-hydrogen) atoms. The summed E-state index contributed by atoms with van der Waals surface area (Å²) in [5.41, 5.74) is 0. The molecule has 0 aromatic carbocycles. The quantitative estimate of drug-likeness (QED) is 0.504. The molecule has 2 amide bonds. The standard InChI is InChI=1S/C13H21N3O2/c1-2-7-14-11-12(17)15-8-6-13(18)16-9-4-3-5-10-16/h1,14H,3-11H2,(H,15,17). The number of nitrogens with one attached hydrogen (secondary N) is 2. The van der Waals surface area contributed by atoms with Gasteiger partial charge in [0.15, 0.2) is 0 Å². The van der Waals surface area contributed by atoms with Gasteiger partial charge in [0, 0.05) is 26.1 Å². The Morgan fingerprint density at radius 3 is 2.61 bits per heavy atom. The maximum Gasteiger partial charge on any atom is 0.233 e. The first kappa shape index (κ1) is 14.5. The lowest BCUT2D eigenvalue weighted by molar-refractivity contribution is -0.132. The number of amides is 2. The van der Waals surface area contributed by atoms with E-state index in [0.29, 0.717) is 19.5 Å². The molecule has 1 aliphatic heterocycles. The van der Waals surface area contributed by atoms with E-state index < -0.39 is 0 Å². The van der Waals surface area contributed by atoms with Gasteiger partial charge in [-0.25, -0.2) is 0 Å². The fraction of sp³-hybridized carbons (Fsp3) is 0.692. The second kappa shape index (κ2) is 8.54. The van der Waals surface area contributed by atoms with Crippen molar-refractivity contribution in [3.63, 3.8) is 0 Å². The molecule has 0 aromatic heterocycles. The molecular formula is C13H21N3O2. The zero-order valence-corrected chi connectivity index (χ0v) is 10.7. The lowest BCUT2D eigenvalue weighted by Crippen LogP contribution is -2.39. The third-order valence-electron chi connectivity index (χ3n) is 2.88. The van der Waals surface area contributed by atoms with Gasteiger partial charge in [0.25, 0.3) is 0 Å². The average Bonchev–Trinajstić information content (AvgIpc) is 2.40. The van der Waals surface area contributed by atoms with Crippen molar-refractivity contribution in [1.82, 2.24) is 15.5 Å². The van der Waals surface area contributed by atoms with Crippen LogP contribution in [-0.4, -0.2) is 49.4 Å². The Kier molecular flexibility index (Phi) is 6.89. The van der Waals surface area contributed by atoms with Crippen LogP contribution in [0, 0.1) is 12.3 Å². The number of piperidine rings is 1. The topological polar surface area (TPSA) is 61.4 Å². The number of likely N-dealkylation sites (tertiary alicyclic amines) is 1. The summed E-state index contributed by atoms with van der Waals surface area (Å²) >= 11 is 0. The van der Waals surface area contributed by atoms with Crippen molar-refractivity contribution >= 4 is 11.8 Å². The second-order valence-electron chi connectivity index (χ2n) is 4.35. The Morgan fingerprint density at radius 2 is 1.94 bits per heavy atom. The van der Waals surface area contributed by atoms with Crippen molar-refractivity contribution in [3.05, 3.63) is 0 Å². The molecule has 0 bridgehead atoms. The molecular weight excluding hydrogens is 230 g/mol. The van der Waals surface area contributed by atoms with Crippen LogP contribution >= 0.6 is 0 Å². The number of carbonyl (C=O) groups excluding carboxylic acids is 2. The highest BCUT2D eigenvalue weighted by molar-refractivity contribution is 5.80. The van der Waals surface area contributed by atoms with Gasteiger partial charge >= 0.3 is 0 Å². The van der Waals surface area contributed by atoms with Gasteiger partial charge in [-0.15, -0.1) is 6.42 Å². The van der Waals surface area contributed by atoms with Gasteiger partial charge in [-0.3, -0.25) is 14.9 Å². The molecule has 5 nitrogen and oxygen atoms in total. The molecule has 0 aliphatic carbocycles. The molecule has 0 spiro atoms. The number of hydrogen-bond donors (Lipinski definition) is 2. The predicted molar refractivity (Wildman–Crippen MR) is 69.8 cm³/mol. The summed E-state index contributed by atoms with van der Waals surface area (Å²) in [5, 5.41) is 5.49. The summed E-state index contributed by atoms with van der Waals surface area (Å²) in [4.78, 5) is 25.0. The monoisotopic (exact) mass is 251 g/mol. The Bertz CT molecular complexity index is 317. The summed E-state index contributed by atoms with van der Waals surface area (Å²) < 4.78 is 0. The smallest absolute Gasteiger partial charge is 0.233 e. The van der Waals surface area contributed by atoms with Crippen molar-refractivity contribution in [2.45, 2.75) is 25.7 Å². The SMILES string of the molecule is C#CCNCC(=O)NCCC(=O)N1CCCCC1. The van der Waals surface area contributed by atoms with E-state index in [1.807, 2.05) is 4.90 Å². The van der Waals surface area contributed by atoms with E-state index in [1.54, 1.807) is 0 Å². The molecule has 0 radical (unpaired) electrons. The first-order chi connectivity index (χ1) is 8.74. The van der Waals surface area contributed by atoms with Gasteiger partial charge in [-0.05, 0) is 19.3 Å². The van der Waals surface area contributed by atoms with E-state index in [0.717, 1.165) is 25.9 Å².